The maximum atomic E-state index is 5.41. The highest BCUT2D eigenvalue weighted by molar-refractivity contribution is 5.76. The zero-order valence-corrected chi connectivity index (χ0v) is 11.5. The van der Waals surface area contributed by atoms with Gasteiger partial charge in [0.05, 0.1) is 19.8 Å². The largest absolute Gasteiger partial charge is 0.496 e. The van der Waals surface area contributed by atoms with E-state index in [1.54, 1.807) is 24.9 Å². The van der Waals surface area contributed by atoms with Crippen molar-refractivity contribution >= 4 is 5.78 Å². The number of nitrogens with zero attached hydrogens (tertiary/aromatic N) is 4. The van der Waals surface area contributed by atoms with Crippen LogP contribution in [0.15, 0.2) is 30.6 Å². The lowest BCUT2D eigenvalue weighted by molar-refractivity contribution is 0.397. The summed E-state index contributed by atoms with van der Waals surface area (Å²) in [4.78, 5) is 8.52. The van der Waals surface area contributed by atoms with E-state index in [1.165, 1.54) is 0 Å². The average Bonchev–Trinajstić information content (AvgIpc) is 2.85. The van der Waals surface area contributed by atoms with Gasteiger partial charge in [-0.1, -0.05) is 6.07 Å². The van der Waals surface area contributed by atoms with E-state index in [1.807, 2.05) is 31.3 Å². The van der Waals surface area contributed by atoms with Crippen molar-refractivity contribution in [3.8, 4) is 22.6 Å². The molecule has 0 bridgehead atoms. The Bertz CT molecular complexity index is 745. The lowest BCUT2D eigenvalue weighted by Gasteiger charge is -2.12. The van der Waals surface area contributed by atoms with Crippen molar-refractivity contribution in [3.05, 3.63) is 36.4 Å². The minimum absolute atomic E-state index is 0.570. The molecule has 0 N–H and O–H groups in total. The summed E-state index contributed by atoms with van der Waals surface area (Å²) < 4.78 is 12.5. The normalized spacial score (nSPS) is 10.8. The Kier molecular flexibility index (Phi) is 2.98. The van der Waals surface area contributed by atoms with Gasteiger partial charge < -0.3 is 9.47 Å². The fraction of sp³-hybridized carbons (Fsp3) is 0.214. The number of benzene rings is 1. The lowest BCUT2D eigenvalue weighted by Crippen LogP contribution is -1.96. The van der Waals surface area contributed by atoms with E-state index in [0.29, 0.717) is 11.6 Å². The first-order valence-corrected chi connectivity index (χ1v) is 6.13. The van der Waals surface area contributed by atoms with Gasteiger partial charge in [0.2, 0.25) is 0 Å². The highest BCUT2D eigenvalue weighted by atomic mass is 16.5. The molecule has 0 spiro atoms. The molecule has 0 amide bonds. The Balaban J connectivity index is 2.23. The molecule has 0 aliphatic rings. The Hall–Kier alpha value is -2.63. The molecule has 0 unspecified atom stereocenters. The number of rotatable bonds is 3. The van der Waals surface area contributed by atoms with Gasteiger partial charge in [-0.25, -0.2) is 9.50 Å². The van der Waals surface area contributed by atoms with Crippen molar-refractivity contribution in [2.24, 2.45) is 0 Å². The van der Waals surface area contributed by atoms with Gasteiger partial charge in [0, 0.05) is 18.0 Å². The summed E-state index contributed by atoms with van der Waals surface area (Å²) in [6.45, 7) is 1.83. The molecule has 2 heterocycles. The van der Waals surface area contributed by atoms with E-state index in [4.69, 9.17) is 9.47 Å². The molecule has 0 aliphatic carbocycles. The SMILES string of the molecule is COc1cccc(OC)c1-c1cnc2nc(C)nn2c1. The Morgan fingerprint density at radius 1 is 1.10 bits per heavy atom. The molecule has 0 aliphatic heterocycles. The maximum absolute atomic E-state index is 5.41. The van der Waals surface area contributed by atoms with Crippen LogP contribution in [0.4, 0.5) is 0 Å². The zero-order chi connectivity index (χ0) is 14.1. The number of aromatic nitrogens is 4. The van der Waals surface area contributed by atoms with Gasteiger partial charge in [0.15, 0.2) is 0 Å². The van der Waals surface area contributed by atoms with Crippen LogP contribution >= 0.6 is 0 Å². The van der Waals surface area contributed by atoms with E-state index >= 15 is 0 Å². The number of hydrogen-bond donors (Lipinski definition) is 0. The van der Waals surface area contributed by atoms with Crippen molar-refractivity contribution < 1.29 is 9.47 Å². The number of hydrogen-bond acceptors (Lipinski definition) is 5. The smallest absolute Gasteiger partial charge is 0.252 e. The highest BCUT2D eigenvalue weighted by Crippen LogP contribution is 2.37. The monoisotopic (exact) mass is 270 g/mol. The summed E-state index contributed by atoms with van der Waals surface area (Å²) in [5.74, 6) is 2.70. The molecule has 2 aromatic heterocycles. The first-order valence-electron chi connectivity index (χ1n) is 6.13. The van der Waals surface area contributed by atoms with Gasteiger partial charge >= 0.3 is 0 Å². The van der Waals surface area contributed by atoms with E-state index in [2.05, 4.69) is 15.1 Å². The van der Waals surface area contributed by atoms with Crippen molar-refractivity contribution in [2.75, 3.05) is 14.2 Å². The van der Waals surface area contributed by atoms with Crippen LogP contribution in [0, 0.1) is 6.92 Å². The Morgan fingerprint density at radius 2 is 1.80 bits per heavy atom. The second-order valence-corrected chi connectivity index (χ2v) is 4.28. The average molecular weight is 270 g/mol. The predicted octanol–water partition coefficient (Wildman–Crippen LogP) is 2.12. The molecule has 1 aromatic carbocycles. The quantitative estimate of drug-likeness (QED) is 0.729. The molecule has 20 heavy (non-hydrogen) atoms. The van der Waals surface area contributed by atoms with Gasteiger partial charge in [-0.15, -0.1) is 0 Å². The molecule has 0 atom stereocenters. The van der Waals surface area contributed by atoms with Gasteiger partial charge in [0.1, 0.15) is 17.3 Å². The lowest BCUT2D eigenvalue weighted by atomic mass is 10.1. The van der Waals surface area contributed by atoms with Crippen molar-refractivity contribution in [3.63, 3.8) is 0 Å². The minimum Gasteiger partial charge on any atom is -0.496 e. The highest BCUT2D eigenvalue weighted by Gasteiger charge is 2.14. The van der Waals surface area contributed by atoms with Crippen LogP contribution in [0.2, 0.25) is 0 Å². The van der Waals surface area contributed by atoms with Crippen LogP contribution in [0.1, 0.15) is 5.82 Å². The first kappa shape index (κ1) is 12.4. The molecule has 102 valence electrons. The number of methoxy groups -OCH3 is 2. The van der Waals surface area contributed by atoms with Crippen LogP contribution in [-0.4, -0.2) is 33.8 Å². The number of ether oxygens (including phenoxy) is 2. The Morgan fingerprint density at radius 3 is 2.45 bits per heavy atom. The maximum Gasteiger partial charge on any atom is 0.252 e. The summed E-state index contributed by atoms with van der Waals surface area (Å²) in [5.41, 5.74) is 1.71. The summed E-state index contributed by atoms with van der Waals surface area (Å²) in [6.07, 6.45) is 3.60. The summed E-state index contributed by atoms with van der Waals surface area (Å²) in [7, 11) is 3.26. The molecule has 6 heteroatoms. The van der Waals surface area contributed by atoms with Crippen LogP contribution in [0.5, 0.6) is 11.5 Å². The first-order chi connectivity index (χ1) is 9.72. The molecule has 0 fully saturated rings. The molecule has 6 nitrogen and oxygen atoms in total. The van der Waals surface area contributed by atoms with Crippen LogP contribution in [0.25, 0.3) is 16.9 Å². The van der Waals surface area contributed by atoms with E-state index in [0.717, 1.165) is 22.6 Å². The second-order valence-electron chi connectivity index (χ2n) is 4.28. The van der Waals surface area contributed by atoms with Crippen molar-refractivity contribution in [1.82, 2.24) is 19.6 Å². The van der Waals surface area contributed by atoms with Gasteiger partial charge in [0.25, 0.3) is 5.78 Å². The third kappa shape index (κ3) is 1.95. The molecular formula is C14H14N4O2. The van der Waals surface area contributed by atoms with E-state index in [9.17, 15) is 0 Å². The molecule has 3 aromatic rings. The van der Waals surface area contributed by atoms with Gasteiger partial charge in [-0.3, -0.25) is 0 Å². The van der Waals surface area contributed by atoms with Crippen LogP contribution in [0.3, 0.4) is 0 Å². The van der Waals surface area contributed by atoms with E-state index in [-0.39, 0.29) is 0 Å². The topological polar surface area (TPSA) is 61.5 Å². The molecular weight excluding hydrogens is 256 g/mol. The van der Waals surface area contributed by atoms with Gasteiger partial charge in [-0.2, -0.15) is 10.1 Å². The fourth-order valence-electron chi connectivity index (χ4n) is 2.15. The molecule has 0 radical (unpaired) electrons. The Labute approximate surface area is 116 Å². The number of aryl methyl sites for hydroxylation is 1. The summed E-state index contributed by atoms with van der Waals surface area (Å²) in [5, 5.41) is 4.27. The second kappa shape index (κ2) is 4.80. The summed E-state index contributed by atoms with van der Waals surface area (Å²) >= 11 is 0. The molecule has 0 saturated carbocycles. The van der Waals surface area contributed by atoms with Crippen LogP contribution < -0.4 is 9.47 Å². The molecule has 3 rings (SSSR count). The predicted molar refractivity (Wildman–Crippen MR) is 74.1 cm³/mol. The molecule has 0 saturated heterocycles. The third-order valence-corrected chi connectivity index (χ3v) is 3.02. The summed E-state index contributed by atoms with van der Waals surface area (Å²) in [6, 6.07) is 5.65. The van der Waals surface area contributed by atoms with E-state index < -0.39 is 0 Å². The third-order valence-electron chi connectivity index (χ3n) is 3.02. The van der Waals surface area contributed by atoms with Crippen molar-refractivity contribution in [2.45, 2.75) is 6.92 Å². The van der Waals surface area contributed by atoms with Crippen molar-refractivity contribution in [1.29, 1.82) is 0 Å². The van der Waals surface area contributed by atoms with Crippen LogP contribution in [-0.2, 0) is 0 Å². The standard InChI is InChI=1S/C14H14N4O2/c1-9-16-14-15-7-10(8-18(14)17-9)13-11(19-2)5-4-6-12(13)20-3/h4-8H,1-3H3. The number of fused-ring (bicyclic) bond motifs is 1. The fourth-order valence-corrected chi connectivity index (χ4v) is 2.15. The zero-order valence-electron chi connectivity index (χ0n) is 11.5. The minimum atomic E-state index is 0.570. The van der Waals surface area contributed by atoms with Gasteiger partial charge in [-0.05, 0) is 19.1 Å².